The van der Waals surface area contributed by atoms with Gasteiger partial charge in [0.15, 0.2) is 5.13 Å². The van der Waals surface area contributed by atoms with E-state index in [0.717, 1.165) is 16.2 Å². The van der Waals surface area contributed by atoms with Crippen molar-refractivity contribution >= 4 is 26.7 Å². The smallest absolute Gasteiger partial charge is 0.184 e. The van der Waals surface area contributed by atoms with E-state index in [1.54, 1.807) is 17.5 Å². The van der Waals surface area contributed by atoms with Gasteiger partial charge in [-0.2, -0.15) is 0 Å². The quantitative estimate of drug-likeness (QED) is 0.775. The van der Waals surface area contributed by atoms with E-state index in [4.69, 9.17) is 0 Å². The number of pyridine rings is 1. The van der Waals surface area contributed by atoms with Gasteiger partial charge in [-0.1, -0.05) is 23.5 Å². The maximum Gasteiger partial charge on any atom is 0.184 e. The van der Waals surface area contributed by atoms with Gasteiger partial charge in [-0.15, -0.1) is 0 Å². The van der Waals surface area contributed by atoms with Crippen LogP contribution in [0.4, 0.5) is 5.13 Å². The van der Waals surface area contributed by atoms with Crippen LogP contribution in [0.2, 0.25) is 0 Å². The Balaban J connectivity index is 1.85. The van der Waals surface area contributed by atoms with Crippen LogP contribution in [0.15, 0.2) is 42.7 Å². The molecule has 0 amide bonds. The molecule has 0 aliphatic carbocycles. The number of hydrogen-bond acceptors (Lipinski definition) is 4. The lowest BCUT2D eigenvalue weighted by Crippen LogP contribution is -2.06. The van der Waals surface area contributed by atoms with Crippen LogP contribution < -0.4 is 5.32 Å². The molecular weight excluding hydrogens is 254 g/mol. The summed E-state index contributed by atoms with van der Waals surface area (Å²) in [6, 6.07) is 10.6. The summed E-state index contributed by atoms with van der Waals surface area (Å²) in [5.41, 5.74) is 3.47. The van der Waals surface area contributed by atoms with E-state index in [9.17, 15) is 0 Å². The lowest BCUT2D eigenvalue weighted by molar-refractivity contribution is 0.874. The molecule has 0 saturated heterocycles. The van der Waals surface area contributed by atoms with Crippen molar-refractivity contribution in [3.05, 3.63) is 53.9 Å². The number of thiazole rings is 1. The Labute approximate surface area is 116 Å². The van der Waals surface area contributed by atoms with Crippen LogP contribution in [0.1, 0.15) is 24.1 Å². The van der Waals surface area contributed by atoms with E-state index in [2.05, 4.69) is 53.4 Å². The molecule has 3 rings (SSSR count). The Kier molecular flexibility index (Phi) is 3.17. The third-order valence-corrected chi connectivity index (χ3v) is 4.04. The number of benzene rings is 1. The highest BCUT2D eigenvalue weighted by Crippen LogP contribution is 2.29. The van der Waals surface area contributed by atoms with Crippen molar-refractivity contribution in [2.45, 2.75) is 19.9 Å². The van der Waals surface area contributed by atoms with E-state index in [1.165, 1.54) is 10.3 Å². The van der Waals surface area contributed by atoms with Crippen molar-refractivity contribution in [1.29, 1.82) is 0 Å². The minimum Gasteiger partial charge on any atom is -0.355 e. The van der Waals surface area contributed by atoms with E-state index in [1.807, 2.05) is 12.3 Å². The second-order valence-corrected chi connectivity index (χ2v) is 5.67. The van der Waals surface area contributed by atoms with Gasteiger partial charge in [-0.05, 0) is 43.2 Å². The molecule has 3 aromatic rings. The van der Waals surface area contributed by atoms with Gasteiger partial charge in [0.1, 0.15) is 0 Å². The summed E-state index contributed by atoms with van der Waals surface area (Å²) < 4.78 is 1.21. The number of hydrogen-bond donors (Lipinski definition) is 1. The zero-order valence-corrected chi connectivity index (χ0v) is 11.7. The normalized spacial score (nSPS) is 12.5. The molecule has 1 atom stereocenters. The van der Waals surface area contributed by atoms with Gasteiger partial charge >= 0.3 is 0 Å². The zero-order valence-electron chi connectivity index (χ0n) is 10.9. The van der Waals surface area contributed by atoms with E-state index in [0.29, 0.717) is 0 Å². The molecule has 1 N–H and O–H groups in total. The second-order valence-electron chi connectivity index (χ2n) is 4.64. The first-order valence-corrected chi connectivity index (χ1v) is 7.08. The Morgan fingerprint density at radius 1 is 1.26 bits per heavy atom. The van der Waals surface area contributed by atoms with Crippen LogP contribution in [-0.2, 0) is 0 Å². The first-order chi connectivity index (χ1) is 9.22. The summed E-state index contributed by atoms with van der Waals surface area (Å²) in [5, 5.41) is 4.39. The van der Waals surface area contributed by atoms with Crippen LogP contribution in [0, 0.1) is 6.92 Å². The molecule has 1 unspecified atom stereocenters. The zero-order chi connectivity index (χ0) is 13.2. The topological polar surface area (TPSA) is 37.8 Å². The minimum absolute atomic E-state index is 0.204. The van der Waals surface area contributed by atoms with E-state index >= 15 is 0 Å². The lowest BCUT2D eigenvalue weighted by Gasteiger charge is -2.12. The van der Waals surface area contributed by atoms with Crippen LogP contribution in [-0.4, -0.2) is 9.97 Å². The molecule has 3 nitrogen and oxygen atoms in total. The molecule has 4 heteroatoms. The summed E-state index contributed by atoms with van der Waals surface area (Å²) in [6.45, 7) is 4.21. The third-order valence-electron chi connectivity index (χ3n) is 3.07. The molecule has 0 saturated carbocycles. The molecular formula is C15H15N3S. The standard InChI is InChI=1S/C15H15N3S/c1-10-5-6-14-13(8-10)18-15(19-14)17-11(2)12-4-3-7-16-9-12/h3-9,11H,1-2H3,(H,17,18). The summed E-state index contributed by atoms with van der Waals surface area (Å²) in [5.74, 6) is 0. The molecule has 0 aliphatic rings. The van der Waals surface area contributed by atoms with Gasteiger partial charge in [0.2, 0.25) is 0 Å². The van der Waals surface area contributed by atoms with Crippen molar-refractivity contribution in [3.8, 4) is 0 Å². The highest BCUT2D eigenvalue weighted by molar-refractivity contribution is 7.22. The molecule has 0 fully saturated rings. The predicted octanol–water partition coefficient (Wildman–Crippen LogP) is 4.17. The third kappa shape index (κ3) is 2.58. The number of aromatic nitrogens is 2. The van der Waals surface area contributed by atoms with Crippen molar-refractivity contribution in [2.75, 3.05) is 5.32 Å². The highest BCUT2D eigenvalue weighted by Gasteiger charge is 2.09. The SMILES string of the molecule is Cc1ccc2sc(NC(C)c3cccnc3)nc2c1. The fraction of sp³-hybridized carbons (Fsp3) is 0.200. The summed E-state index contributed by atoms with van der Waals surface area (Å²) >= 11 is 1.69. The van der Waals surface area contributed by atoms with Crippen molar-refractivity contribution in [1.82, 2.24) is 9.97 Å². The first-order valence-electron chi connectivity index (χ1n) is 6.26. The molecule has 19 heavy (non-hydrogen) atoms. The minimum atomic E-state index is 0.204. The molecule has 0 aliphatic heterocycles. The largest absolute Gasteiger partial charge is 0.355 e. The van der Waals surface area contributed by atoms with Gasteiger partial charge in [-0.3, -0.25) is 4.98 Å². The number of fused-ring (bicyclic) bond motifs is 1. The number of nitrogens with zero attached hydrogens (tertiary/aromatic N) is 2. The van der Waals surface area contributed by atoms with Crippen LogP contribution in [0.25, 0.3) is 10.2 Å². The number of nitrogens with one attached hydrogen (secondary N) is 1. The first kappa shape index (κ1) is 12.1. The van der Waals surface area contributed by atoms with E-state index < -0.39 is 0 Å². The maximum absolute atomic E-state index is 4.63. The monoisotopic (exact) mass is 269 g/mol. The van der Waals surface area contributed by atoms with Crippen molar-refractivity contribution in [3.63, 3.8) is 0 Å². The molecule has 96 valence electrons. The maximum atomic E-state index is 4.63. The fourth-order valence-corrected chi connectivity index (χ4v) is 2.93. The molecule has 2 heterocycles. The van der Waals surface area contributed by atoms with Crippen molar-refractivity contribution < 1.29 is 0 Å². The van der Waals surface area contributed by atoms with Crippen LogP contribution in [0.3, 0.4) is 0 Å². The Morgan fingerprint density at radius 2 is 2.16 bits per heavy atom. The molecule has 2 aromatic heterocycles. The summed E-state index contributed by atoms with van der Waals surface area (Å²) in [7, 11) is 0. The fourth-order valence-electron chi connectivity index (χ4n) is 2.00. The average molecular weight is 269 g/mol. The summed E-state index contributed by atoms with van der Waals surface area (Å²) in [4.78, 5) is 8.77. The number of aryl methyl sites for hydroxylation is 1. The summed E-state index contributed by atoms with van der Waals surface area (Å²) in [6.07, 6.45) is 3.67. The van der Waals surface area contributed by atoms with Gasteiger partial charge in [0.25, 0.3) is 0 Å². The molecule has 1 aromatic carbocycles. The number of rotatable bonds is 3. The highest BCUT2D eigenvalue weighted by atomic mass is 32.1. The molecule has 0 radical (unpaired) electrons. The van der Waals surface area contributed by atoms with Crippen molar-refractivity contribution in [2.24, 2.45) is 0 Å². The lowest BCUT2D eigenvalue weighted by atomic mass is 10.1. The van der Waals surface area contributed by atoms with E-state index in [-0.39, 0.29) is 6.04 Å². The molecule has 0 spiro atoms. The van der Waals surface area contributed by atoms with Crippen LogP contribution >= 0.6 is 11.3 Å². The Bertz CT molecular complexity index is 691. The number of anilines is 1. The van der Waals surface area contributed by atoms with Gasteiger partial charge < -0.3 is 5.32 Å². The van der Waals surface area contributed by atoms with Gasteiger partial charge in [0, 0.05) is 12.4 Å². The Morgan fingerprint density at radius 3 is 2.95 bits per heavy atom. The average Bonchev–Trinajstić information content (AvgIpc) is 2.81. The predicted molar refractivity (Wildman–Crippen MR) is 80.6 cm³/mol. The molecule has 0 bridgehead atoms. The van der Waals surface area contributed by atoms with Gasteiger partial charge in [0.05, 0.1) is 16.3 Å². The Hall–Kier alpha value is -1.94. The second kappa shape index (κ2) is 4.97. The van der Waals surface area contributed by atoms with Crippen LogP contribution in [0.5, 0.6) is 0 Å². The van der Waals surface area contributed by atoms with Gasteiger partial charge in [-0.25, -0.2) is 4.98 Å².